The van der Waals surface area contributed by atoms with E-state index in [-0.39, 0.29) is 24.0 Å². The molecule has 0 radical (unpaired) electrons. The van der Waals surface area contributed by atoms with Crippen molar-refractivity contribution in [1.29, 1.82) is 0 Å². The largest absolute Gasteiger partial charge is 0.357 e. The monoisotopic (exact) mass is 458 g/mol. The molecule has 0 fully saturated rings. The molecule has 0 aliphatic carbocycles. The maximum atomic E-state index is 4.63. The average molecular weight is 458 g/mol. The van der Waals surface area contributed by atoms with Crippen LogP contribution in [0.5, 0.6) is 0 Å². The van der Waals surface area contributed by atoms with Crippen molar-refractivity contribution in [2.45, 2.75) is 33.6 Å². The summed E-state index contributed by atoms with van der Waals surface area (Å²) in [6.45, 7) is 8.75. The lowest BCUT2D eigenvalue weighted by Crippen LogP contribution is -2.38. The SMILES string of the molecule is CCNC(=NCCc1csc(C)n1)NCCc1cccc(C)c1.I. The summed E-state index contributed by atoms with van der Waals surface area (Å²) in [5.41, 5.74) is 3.79. The maximum Gasteiger partial charge on any atom is 0.191 e. The molecule has 0 atom stereocenters. The van der Waals surface area contributed by atoms with Gasteiger partial charge in [-0.15, -0.1) is 35.3 Å². The van der Waals surface area contributed by atoms with E-state index in [0.717, 1.165) is 49.1 Å². The molecule has 2 rings (SSSR count). The highest BCUT2D eigenvalue weighted by molar-refractivity contribution is 14.0. The van der Waals surface area contributed by atoms with Gasteiger partial charge in [0.1, 0.15) is 0 Å². The van der Waals surface area contributed by atoms with Crippen LogP contribution >= 0.6 is 35.3 Å². The van der Waals surface area contributed by atoms with E-state index >= 15 is 0 Å². The Morgan fingerprint density at radius 2 is 2.04 bits per heavy atom. The highest BCUT2D eigenvalue weighted by Gasteiger charge is 2.00. The summed E-state index contributed by atoms with van der Waals surface area (Å²) < 4.78 is 0. The molecule has 0 saturated heterocycles. The molecule has 4 nitrogen and oxygen atoms in total. The number of aromatic nitrogens is 1. The molecule has 0 bridgehead atoms. The molecule has 6 heteroatoms. The topological polar surface area (TPSA) is 49.3 Å². The molecule has 132 valence electrons. The van der Waals surface area contributed by atoms with Gasteiger partial charge in [0.25, 0.3) is 0 Å². The Hall–Kier alpha value is -1.15. The molecule has 0 spiro atoms. The fraction of sp³-hybridized carbons (Fsp3) is 0.444. The smallest absolute Gasteiger partial charge is 0.191 e. The molecule has 0 aliphatic rings. The number of hydrogen-bond acceptors (Lipinski definition) is 3. The number of thiazole rings is 1. The summed E-state index contributed by atoms with van der Waals surface area (Å²) in [5, 5.41) is 9.93. The van der Waals surface area contributed by atoms with Gasteiger partial charge < -0.3 is 10.6 Å². The Morgan fingerprint density at radius 3 is 2.71 bits per heavy atom. The minimum atomic E-state index is 0. The molecule has 24 heavy (non-hydrogen) atoms. The number of benzene rings is 1. The van der Waals surface area contributed by atoms with Crippen molar-refractivity contribution in [3.8, 4) is 0 Å². The predicted molar refractivity (Wildman–Crippen MR) is 115 cm³/mol. The van der Waals surface area contributed by atoms with E-state index in [1.54, 1.807) is 11.3 Å². The normalized spacial score (nSPS) is 11.0. The van der Waals surface area contributed by atoms with Crippen LogP contribution in [-0.2, 0) is 12.8 Å². The van der Waals surface area contributed by atoms with E-state index in [4.69, 9.17) is 0 Å². The van der Waals surface area contributed by atoms with Crippen molar-refractivity contribution < 1.29 is 0 Å². The van der Waals surface area contributed by atoms with Gasteiger partial charge in [0, 0.05) is 31.4 Å². The Bertz CT molecular complexity index is 639. The lowest BCUT2D eigenvalue weighted by Gasteiger charge is -2.11. The van der Waals surface area contributed by atoms with Crippen molar-refractivity contribution in [2.75, 3.05) is 19.6 Å². The van der Waals surface area contributed by atoms with Crippen molar-refractivity contribution in [3.63, 3.8) is 0 Å². The van der Waals surface area contributed by atoms with E-state index in [1.807, 2.05) is 6.92 Å². The molecule has 0 unspecified atom stereocenters. The van der Waals surface area contributed by atoms with Gasteiger partial charge in [-0.3, -0.25) is 4.99 Å². The third-order valence-corrected chi connectivity index (χ3v) is 4.26. The van der Waals surface area contributed by atoms with Gasteiger partial charge in [-0.05, 0) is 32.8 Å². The van der Waals surface area contributed by atoms with E-state index < -0.39 is 0 Å². The van der Waals surface area contributed by atoms with Crippen molar-refractivity contribution in [2.24, 2.45) is 4.99 Å². The summed E-state index contributed by atoms with van der Waals surface area (Å²) in [7, 11) is 0. The third kappa shape index (κ3) is 7.61. The average Bonchev–Trinajstić information content (AvgIpc) is 2.93. The zero-order chi connectivity index (χ0) is 16.5. The van der Waals surface area contributed by atoms with Gasteiger partial charge in [0.05, 0.1) is 10.7 Å². The van der Waals surface area contributed by atoms with Crippen LogP contribution in [-0.4, -0.2) is 30.6 Å². The van der Waals surface area contributed by atoms with Gasteiger partial charge in [0.15, 0.2) is 5.96 Å². The van der Waals surface area contributed by atoms with E-state index in [0.29, 0.717) is 0 Å². The Kier molecular flexibility index (Phi) is 9.94. The van der Waals surface area contributed by atoms with Crippen molar-refractivity contribution in [3.05, 3.63) is 51.5 Å². The van der Waals surface area contributed by atoms with Crippen LogP contribution in [0, 0.1) is 13.8 Å². The molecule has 0 saturated carbocycles. The first-order valence-corrected chi connectivity index (χ1v) is 9.04. The first-order valence-electron chi connectivity index (χ1n) is 8.16. The standard InChI is InChI=1S/C18H26N4S.HI/c1-4-19-18(21-11-9-17-13-23-15(3)22-17)20-10-8-16-7-5-6-14(2)12-16;/h5-7,12-13H,4,8-11H2,1-3H3,(H2,19,20,21);1H. The number of aliphatic imine (C=N–C) groups is 1. The van der Waals surface area contributed by atoms with E-state index in [9.17, 15) is 0 Å². The van der Waals surface area contributed by atoms with E-state index in [2.05, 4.69) is 64.1 Å². The molecule has 2 N–H and O–H groups in total. The first-order chi connectivity index (χ1) is 11.2. The number of halogens is 1. The van der Waals surface area contributed by atoms with Gasteiger partial charge in [-0.1, -0.05) is 29.8 Å². The predicted octanol–water partition coefficient (Wildman–Crippen LogP) is 3.72. The molecule has 0 amide bonds. The number of hydrogen-bond donors (Lipinski definition) is 2. The van der Waals surface area contributed by atoms with Gasteiger partial charge >= 0.3 is 0 Å². The molecule has 2 aromatic rings. The number of rotatable bonds is 7. The minimum absolute atomic E-state index is 0. The molecule has 1 aromatic carbocycles. The summed E-state index contributed by atoms with van der Waals surface area (Å²) >= 11 is 1.70. The zero-order valence-electron chi connectivity index (χ0n) is 14.6. The Balaban J connectivity index is 0.00000288. The van der Waals surface area contributed by atoms with Crippen LogP contribution in [0.2, 0.25) is 0 Å². The molecular formula is C18H27IN4S. The fourth-order valence-corrected chi connectivity index (χ4v) is 2.99. The lowest BCUT2D eigenvalue weighted by molar-refractivity contribution is 0.794. The van der Waals surface area contributed by atoms with Crippen LogP contribution in [0.15, 0.2) is 34.6 Å². The summed E-state index contributed by atoms with van der Waals surface area (Å²) in [5.74, 6) is 0.882. The number of nitrogens with one attached hydrogen (secondary N) is 2. The van der Waals surface area contributed by atoms with Crippen LogP contribution in [0.1, 0.15) is 28.8 Å². The zero-order valence-corrected chi connectivity index (χ0v) is 17.8. The lowest BCUT2D eigenvalue weighted by atomic mass is 10.1. The Morgan fingerprint density at radius 1 is 1.21 bits per heavy atom. The van der Waals surface area contributed by atoms with Crippen molar-refractivity contribution in [1.82, 2.24) is 15.6 Å². The minimum Gasteiger partial charge on any atom is -0.357 e. The molecular weight excluding hydrogens is 431 g/mol. The number of aryl methyl sites for hydroxylation is 2. The summed E-state index contributed by atoms with van der Waals surface area (Å²) in [4.78, 5) is 9.10. The molecule has 0 aliphatic heterocycles. The van der Waals surface area contributed by atoms with Crippen molar-refractivity contribution >= 4 is 41.3 Å². The van der Waals surface area contributed by atoms with Gasteiger partial charge in [-0.25, -0.2) is 4.98 Å². The number of guanidine groups is 1. The van der Waals surface area contributed by atoms with Gasteiger partial charge in [0.2, 0.25) is 0 Å². The second-order valence-corrected chi connectivity index (χ2v) is 6.60. The Labute approximate surface area is 166 Å². The van der Waals surface area contributed by atoms with Crippen LogP contribution < -0.4 is 10.6 Å². The van der Waals surface area contributed by atoms with Crippen LogP contribution in [0.3, 0.4) is 0 Å². The second-order valence-electron chi connectivity index (χ2n) is 5.53. The summed E-state index contributed by atoms with van der Waals surface area (Å²) in [6.07, 6.45) is 1.89. The van der Waals surface area contributed by atoms with E-state index in [1.165, 1.54) is 11.1 Å². The van der Waals surface area contributed by atoms with Crippen LogP contribution in [0.25, 0.3) is 0 Å². The fourth-order valence-electron chi connectivity index (χ4n) is 2.34. The first kappa shape index (κ1) is 20.9. The quantitative estimate of drug-likeness (QED) is 0.378. The third-order valence-electron chi connectivity index (χ3n) is 3.44. The highest BCUT2D eigenvalue weighted by atomic mass is 127. The van der Waals surface area contributed by atoms with Gasteiger partial charge in [-0.2, -0.15) is 0 Å². The summed E-state index contributed by atoms with van der Waals surface area (Å²) in [6, 6.07) is 8.64. The second kappa shape index (κ2) is 11.4. The maximum absolute atomic E-state index is 4.63. The highest BCUT2D eigenvalue weighted by Crippen LogP contribution is 2.08. The molecule has 1 heterocycles. The molecule has 1 aromatic heterocycles. The van der Waals surface area contributed by atoms with Crippen LogP contribution in [0.4, 0.5) is 0 Å². The number of nitrogens with zero attached hydrogens (tertiary/aromatic N) is 2.